The van der Waals surface area contributed by atoms with Crippen molar-refractivity contribution in [3.63, 3.8) is 0 Å². The molecule has 0 aromatic heterocycles. The highest BCUT2D eigenvalue weighted by atomic mass is 16.6. The molecule has 146 valence electrons. The zero-order valence-electron chi connectivity index (χ0n) is 14.5. The van der Waals surface area contributed by atoms with Gasteiger partial charge in [-0.1, -0.05) is 6.08 Å². The molecule has 0 saturated carbocycles. The molecule has 1 aliphatic rings. The Morgan fingerprint density at radius 2 is 2.08 bits per heavy atom. The summed E-state index contributed by atoms with van der Waals surface area (Å²) in [5.74, 6) is -0.806. The summed E-state index contributed by atoms with van der Waals surface area (Å²) in [6, 6.07) is 0. The third-order valence-electron chi connectivity index (χ3n) is 3.65. The minimum absolute atomic E-state index is 0.00881. The Labute approximate surface area is 148 Å². The Balaban J connectivity index is 2.18. The summed E-state index contributed by atoms with van der Waals surface area (Å²) in [6.07, 6.45) is 1.68. The predicted molar refractivity (Wildman–Crippen MR) is 89.0 cm³/mol. The van der Waals surface area contributed by atoms with Crippen LogP contribution in [0.15, 0.2) is 12.7 Å². The van der Waals surface area contributed by atoms with Crippen LogP contribution in [-0.4, -0.2) is 85.8 Å². The lowest BCUT2D eigenvalue weighted by atomic mass is 10.00. The van der Waals surface area contributed by atoms with Crippen molar-refractivity contribution in [2.24, 2.45) is 5.92 Å². The average Bonchev–Trinajstić information content (AvgIpc) is 3.43. The van der Waals surface area contributed by atoms with E-state index in [1.54, 1.807) is 6.08 Å². The number of carbonyl (C=O) groups is 1. The number of esters is 1. The number of epoxide rings is 1. The Kier molecular flexibility index (Phi) is 11.6. The van der Waals surface area contributed by atoms with Gasteiger partial charge < -0.3 is 34.3 Å². The molecule has 1 rings (SSSR count). The van der Waals surface area contributed by atoms with Crippen LogP contribution in [-0.2, 0) is 23.7 Å². The first kappa shape index (κ1) is 22.0. The fraction of sp³-hybridized carbons (Fsp3) is 0.824. The van der Waals surface area contributed by atoms with Gasteiger partial charge in [0.15, 0.2) is 0 Å². The number of aliphatic hydroxyl groups excluding tert-OH is 3. The summed E-state index contributed by atoms with van der Waals surface area (Å²) in [4.78, 5) is 12.0. The van der Waals surface area contributed by atoms with Gasteiger partial charge in [-0.2, -0.15) is 0 Å². The molecule has 0 radical (unpaired) electrons. The van der Waals surface area contributed by atoms with Crippen molar-refractivity contribution >= 4 is 5.97 Å². The summed E-state index contributed by atoms with van der Waals surface area (Å²) >= 11 is 0. The minimum Gasteiger partial charge on any atom is -0.463 e. The molecular weight excluding hydrogens is 332 g/mol. The van der Waals surface area contributed by atoms with E-state index in [2.05, 4.69) is 6.58 Å². The van der Waals surface area contributed by atoms with E-state index >= 15 is 0 Å². The third kappa shape index (κ3) is 10.5. The molecule has 0 aromatic rings. The van der Waals surface area contributed by atoms with E-state index in [1.807, 2.05) is 0 Å². The fourth-order valence-corrected chi connectivity index (χ4v) is 2.11. The number of hydrogen-bond donors (Lipinski definition) is 3. The third-order valence-corrected chi connectivity index (χ3v) is 3.65. The van der Waals surface area contributed by atoms with Crippen LogP contribution in [0.3, 0.4) is 0 Å². The standard InChI is InChI=1S/C17H30O8/c1-2-4-13(5-3-6-18)17(21)25-9-14(20)8-23-15(7-19)10-22-11-16-12-24-16/h2,13-16,18-20H,1,3-12H2. The molecule has 0 aliphatic carbocycles. The highest BCUT2D eigenvalue weighted by Gasteiger charge is 2.23. The SMILES string of the molecule is C=CCC(CCCO)C(=O)OCC(O)COC(CO)COCC1CO1. The number of carbonyl (C=O) groups excluding carboxylic acids is 1. The van der Waals surface area contributed by atoms with Crippen molar-refractivity contribution in [2.45, 2.75) is 37.6 Å². The van der Waals surface area contributed by atoms with Crippen LogP contribution in [0.5, 0.6) is 0 Å². The first-order valence-electron chi connectivity index (χ1n) is 8.58. The van der Waals surface area contributed by atoms with Gasteiger partial charge in [-0.25, -0.2) is 0 Å². The summed E-state index contributed by atoms with van der Waals surface area (Å²) < 4.78 is 20.8. The van der Waals surface area contributed by atoms with Crippen molar-refractivity contribution in [1.29, 1.82) is 0 Å². The van der Waals surface area contributed by atoms with Crippen LogP contribution in [0.4, 0.5) is 0 Å². The maximum atomic E-state index is 12.0. The van der Waals surface area contributed by atoms with E-state index in [-0.39, 0.29) is 45.1 Å². The van der Waals surface area contributed by atoms with Gasteiger partial charge in [0.25, 0.3) is 0 Å². The molecular formula is C17H30O8. The maximum Gasteiger partial charge on any atom is 0.309 e. The van der Waals surface area contributed by atoms with Crippen LogP contribution in [0.25, 0.3) is 0 Å². The highest BCUT2D eigenvalue weighted by Crippen LogP contribution is 2.14. The van der Waals surface area contributed by atoms with E-state index in [1.165, 1.54) is 0 Å². The van der Waals surface area contributed by atoms with Gasteiger partial charge in [0.05, 0.1) is 39.0 Å². The van der Waals surface area contributed by atoms with Crippen molar-refractivity contribution in [3.8, 4) is 0 Å². The summed E-state index contributed by atoms with van der Waals surface area (Å²) in [7, 11) is 0. The molecule has 8 nitrogen and oxygen atoms in total. The quantitative estimate of drug-likeness (QED) is 0.194. The number of hydrogen-bond acceptors (Lipinski definition) is 8. The van der Waals surface area contributed by atoms with Gasteiger partial charge in [-0.15, -0.1) is 6.58 Å². The molecule has 0 amide bonds. The molecule has 4 atom stereocenters. The van der Waals surface area contributed by atoms with Crippen molar-refractivity contribution in [3.05, 3.63) is 12.7 Å². The molecule has 25 heavy (non-hydrogen) atoms. The smallest absolute Gasteiger partial charge is 0.309 e. The second kappa shape index (κ2) is 13.2. The molecule has 3 N–H and O–H groups in total. The molecule has 0 aromatic carbocycles. The van der Waals surface area contributed by atoms with Crippen LogP contribution >= 0.6 is 0 Å². The lowest BCUT2D eigenvalue weighted by molar-refractivity contribution is -0.154. The van der Waals surface area contributed by atoms with Crippen molar-refractivity contribution in [2.75, 3.05) is 46.2 Å². The molecule has 1 aliphatic heterocycles. The fourth-order valence-electron chi connectivity index (χ4n) is 2.11. The normalized spacial score (nSPS) is 19.9. The van der Waals surface area contributed by atoms with E-state index in [0.717, 1.165) is 0 Å². The van der Waals surface area contributed by atoms with Gasteiger partial charge in [0, 0.05) is 6.61 Å². The van der Waals surface area contributed by atoms with Crippen LogP contribution in [0.1, 0.15) is 19.3 Å². The Bertz CT molecular complexity index is 372. The molecule has 1 heterocycles. The lowest BCUT2D eigenvalue weighted by Crippen LogP contribution is -2.32. The van der Waals surface area contributed by atoms with Gasteiger partial charge in [0.1, 0.15) is 24.9 Å². The minimum atomic E-state index is -0.994. The van der Waals surface area contributed by atoms with Gasteiger partial charge >= 0.3 is 5.97 Å². The largest absolute Gasteiger partial charge is 0.463 e. The van der Waals surface area contributed by atoms with Crippen molar-refractivity contribution < 1.29 is 39.1 Å². The zero-order chi connectivity index (χ0) is 18.5. The predicted octanol–water partition coefficient (Wildman–Crippen LogP) is -0.352. The van der Waals surface area contributed by atoms with Gasteiger partial charge in [0.2, 0.25) is 0 Å². The second-order valence-corrected chi connectivity index (χ2v) is 6.00. The van der Waals surface area contributed by atoms with E-state index in [9.17, 15) is 15.0 Å². The molecule has 4 unspecified atom stereocenters. The second-order valence-electron chi connectivity index (χ2n) is 6.00. The Morgan fingerprint density at radius 1 is 1.32 bits per heavy atom. The first-order valence-corrected chi connectivity index (χ1v) is 8.58. The van der Waals surface area contributed by atoms with Gasteiger partial charge in [-0.3, -0.25) is 4.79 Å². The molecule has 0 spiro atoms. The van der Waals surface area contributed by atoms with Gasteiger partial charge in [-0.05, 0) is 19.3 Å². The first-order chi connectivity index (χ1) is 12.1. The number of allylic oxidation sites excluding steroid dienone is 1. The number of ether oxygens (including phenoxy) is 4. The summed E-state index contributed by atoms with van der Waals surface area (Å²) in [5, 5.41) is 27.9. The lowest BCUT2D eigenvalue weighted by Gasteiger charge is -2.19. The molecule has 1 saturated heterocycles. The zero-order valence-corrected chi connectivity index (χ0v) is 14.5. The monoisotopic (exact) mass is 362 g/mol. The Hall–Kier alpha value is -1.03. The number of aliphatic hydroxyl groups is 3. The average molecular weight is 362 g/mol. The van der Waals surface area contributed by atoms with Crippen molar-refractivity contribution in [1.82, 2.24) is 0 Å². The molecule has 0 bridgehead atoms. The molecule has 1 fully saturated rings. The summed E-state index contributed by atoms with van der Waals surface area (Å²) in [5.41, 5.74) is 0. The molecule has 8 heteroatoms. The van der Waals surface area contributed by atoms with Crippen LogP contribution in [0, 0.1) is 5.92 Å². The number of rotatable bonds is 16. The maximum absolute atomic E-state index is 12.0. The Morgan fingerprint density at radius 3 is 2.68 bits per heavy atom. The van der Waals surface area contributed by atoms with E-state index in [0.29, 0.717) is 32.5 Å². The highest BCUT2D eigenvalue weighted by molar-refractivity contribution is 5.72. The summed E-state index contributed by atoms with van der Waals surface area (Å²) in [6.45, 7) is 4.45. The van der Waals surface area contributed by atoms with Crippen LogP contribution in [0.2, 0.25) is 0 Å². The van der Waals surface area contributed by atoms with Crippen LogP contribution < -0.4 is 0 Å². The topological polar surface area (TPSA) is 118 Å². The van der Waals surface area contributed by atoms with E-state index < -0.39 is 18.2 Å². The van der Waals surface area contributed by atoms with E-state index in [4.69, 9.17) is 24.1 Å².